The van der Waals surface area contributed by atoms with E-state index in [1.165, 1.54) is 42.2 Å². The summed E-state index contributed by atoms with van der Waals surface area (Å²) < 4.78 is 47.8. The highest BCUT2D eigenvalue weighted by Gasteiger charge is 2.19. The number of nitrogens with zero attached hydrogens (tertiary/aromatic N) is 5. The molecular weight excluding hydrogens is 435 g/mol. The number of benzene rings is 1. The Hall–Kier alpha value is -4.04. The van der Waals surface area contributed by atoms with Crippen molar-refractivity contribution < 1.29 is 17.5 Å². The number of ether oxygens (including phenoxy) is 1. The Morgan fingerprint density at radius 1 is 1.12 bits per heavy atom. The molecule has 0 radical (unpaired) electrons. The van der Waals surface area contributed by atoms with Crippen molar-refractivity contribution in [3.8, 4) is 29.0 Å². The lowest BCUT2D eigenvalue weighted by Gasteiger charge is -2.12. The fourth-order valence-electron chi connectivity index (χ4n) is 2.82. The number of nitrogens with one attached hydrogen (secondary N) is 1. The van der Waals surface area contributed by atoms with Crippen LogP contribution in [-0.2, 0) is 10.0 Å². The molecule has 0 unspecified atom stereocenters. The van der Waals surface area contributed by atoms with Crippen LogP contribution in [0.2, 0.25) is 0 Å². The Bertz CT molecular complexity index is 1460. The summed E-state index contributed by atoms with van der Waals surface area (Å²) in [5.41, 5.74) is 1.58. The molecule has 0 fully saturated rings. The number of anilines is 1. The van der Waals surface area contributed by atoms with Crippen LogP contribution in [0.4, 0.5) is 10.1 Å². The second-order valence-corrected chi connectivity index (χ2v) is 8.18. The number of fused-ring (bicyclic) bond motifs is 1. The van der Waals surface area contributed by atoms with Crippen molar-refractivity contribution >= 4 is 21.5 Å². The number of sulfonamides is 1. The lowest BCUT2D eigenvalue weighted by Crippen LogP contribution is -2.14. The van der Waals surface area contributed by atoms with Crippen molar-refractivity contribution in [1.29, 1.82) is 0 Å². The van der Waals surface area contributed by atoms with E-state index in [9.17, 15) is 12.8 Å². The largest absolute Gasteiger partial charge is 0.480 e. The number of methoxy groups -OCH3 is 1. The molecule has 1 N–H and O–H groups in total. The van der Waals surface area contributed by atoms with Gasteiger partial charge in [0.2, 0.25) is 5.88 Å². The standard InChI is InChI=1S/C21H17FN6O3S/c1-3-4-5-16-12-24-21-25-13-19(26-28(16)21)14-10-18(20(31-2)23-11-14)27-32(29,30)17-8-6-15(22)7-9-17/h6-13,27H,3H2,1-2H3. The van der Waals surface area contributed by atoms with E-state index in [1.807, 2.05) is 6.92 Å². The topological polar surface area (TPSA) is 111 Å². The van der Waals surface area contributed by atoms with Crippen molar-refractivity contribution in [3.63, 3.8) is 0 Å². The first-order valence-corrected chi connectivity index (χ1v) is 10.9. The molecule has 4 aromatic rings. The molecule has 9 nitrogen and oxygen atoms in total. The molecule has 0 spiro atoms. The first-order valence-electron chi connectivity index (χ1n) is 9.43. The predicted octanol–water partition coefficient (Wildman–Crippen LogP) is 2.90. The molecule has 0 amide bonds. The van der Waals surface area contributed by atoms with Gasteiger partial charge in [0.05, 0.1) is 24.4 Å². The summed E-state index contributed by atoms with van der Waals surface area (Å²) in [7, 11) is -2.64. The molecule has 0 aliphatic carbocycles. The number of imidazole rings is 1. The van der Waals surface area contributed by atoms with Crippen LogP contribution in [-0.4, -0.2) is 40.1 Å². The molecule has 32 heavy (non-hydrogen) atoms. The number of hydrogen-bond donors (Lipinski definition) is 1. The fraction of sp³-hybridized carbons (Fsp3) is 0.143. The van der Waals surface area contributed by atoms with Crippen molar-refractivity contribution in [2.75, 3.05) is 11.8 Å². The maximum Gasteiger partial charge on any atom is 0.262 e. The van der Waals surface area contributed by atoms with Gasteiger partial charge in [-0.15, -0.1) is 0 Å². The van der Waals surface area contributed by atoms with Crippen molar-refractivity contribution in [1.82, 2.24) is 24.6 Å². The Balaban J connectivity index is 1.74. The Kier molecular flexibility index (Phi) is 5.70. The van der Waals surface area contributed by atoms with Gasteiger partial charge in [-0.3, -0.25) is 4.72 Å². The summed E-state index contributed by atoms with van der Waals surface area (Å²) in [6.45, 7) is 1.94. The number of halogens is 1. The molecule has 0 aliphatic heterocycles. The van der Waals surface area contributed by atoms with Crippen LogP contribution in [0, 0.1) is 17.7 Å². The van der Waals surface area contributed by atoms with Gasteiger partial charge >= 0.3 is 0 Å². The van der Waals surface area contributed by atoms with Crippen molar-refractivity contribution in [2.45, 2.75) is 18.2 Å². The average Bonchev–Trinajstić information content (AvgIpc) is 3.20. The molecular formula is C21H17FN6O3S. The van der Waals surface area contributed by atoms with E-state index in [0.717, 1.165) is 12.1 Å². The smallest absolute Gasteiger partial charge is 0.262 e. The van der Waals surface area contributed by atoms with E-state index in [1.54, 1.807) is 6.20 Å². The highest BCUT2D eigenvalue weighted by Crippen LogP contribution is 2.29. The zero-order valence-electron chi connectivity index (χ0n) is 17.1. The van der Waals surface area contributed by atoms with Crippen molar-refractivity contribution in [2.24, 2.45) is 0 Å². The third-order valence-electron chi connectivity index (χ3n) is 4.33. The summed E-state index contributed by atoms with van der Waals surface area (Å²) in [6, 6.07) is 5.99. The number of hydrogen-bond acceptors (Lipinski definition) is 7. The third kappa shape index (κ3) is 4.21. The first kappa shape index (κ1) is 21.2. The van der Waals surface area contributed by atoms with E-state index >= 15 is 0 Å². The second kappa shape index (κ2) is 8.60. The zero-order valence-corrected chi connectivity index (χ0v) is 17.9. The molecule has 0 saturated carbocycles. The van der Waals surface area contributed by atoms with Gasteiger partial charge in [-0.05, 0) is 36.3 Å². The van der Waals surface area contributed by atoms with E-state index < -0.39 is 15.8 Å². The number of pyridine rings is 1. The van der Waals surface area contributed by atoms with Gasteiger partial charge in [-0.1, -0.05) is 12.8 Å². The minimum absolute atomic E-state index is 0.0607. The van der Waals surface area contributed by atoms with Gasteiger partial charge in [-0.25, -0.2) is 27.8 Å². The second-order valence-electron chi connectivity index (χ2n) is 6.49. The monoisotopic (exact) mass is 452 g/mol. The van der Waals surface area contributed by atoms with Crippen molar-refractivity contribution in [3.05, 3.63) is 60.4 Å². The highest BCUT2D eigenvalue weighted by molar-refractivity contribution is 7.92. The summed E-state index contributed by atoms with van der Waals surface area (Å²) >= 11 is 0. The van der Waals surface area contributed by atoms with Crippen LogP contribution in [0.1, 0.15) is 19.0 Å². The van der Waals surface area contributed by atoms with Gasteiger partial charge in [0.25, 0.3) is 15.8 Å². The van der Waals surface area contributed by atoms with E-state index in [-0.39, 0.29) is 16.5 Å². The Morgan fingerprint density at radius 3 is 2.59 bits per heavy atom. The summed E-state index contributed by atoms with van der Waals surface area (Å²) in [5.74, 6) is 5.84. The average molecular weight is 452 g/mol. The number of aromatic nitrogens is 5. The number of rotatable bonds is 5. The van der Waals surface area contributed by atoms with Crippen LogP contribution >= 0.6 is 0 Å². The quantitative estimate of drug-likeness (QED) is 0.464. The van der Waals surface area contributed by atoms with Gasteiger partial charge in [-0.2, -0.15) is 9.61 Å². The van der Waals surface area contributed by atoms with Gasteiger partial charge in [0.15, 0.2) is 0 Å². The van der Waals surface area contributed by atoms with E-state index in [2.05, 4.69) is 36.6 Å². The van der Waals surface area contributed by atoms with Crippen LogP contribution < -0.4 is 9.46 Å². The van der Waals surface area contributed by atoms with Gasteiger partial charge < -0.3 is 4.74 Å². The van der Waals surface area contributed by atoms with Gasteiger partial charge in [0, 0.05) is 18.2 Å². The van der Waals surface area contributed by atoms with Gasteiger partial charge in [0.1, 0.15) is 22.9 Å². The lowest BCUT2D eigenvalue weighted by atomic mass is 10.2. The minimum atomic E-state index is -4.01. The first-order chi connectivity index (χ1) is 15.4. The third-order valence-corrected chi connectivity index (χ3v) is 5.71. The zero-order chi connectivity index (χ0) is 22.7. The molecule has 1 aromatic carbocycles. The highest BCUT2D eigenvalue weighted by atomic mass is 32.2. The molecule has 0 aliphatic rings. The normalized spacial score (nSPS) is 11.1. The molecule has 0 saturated heterocycles. The molecule has 3 heterocycles. The SMILES string of the molecule is CCC#Cc1cnc2ncc(-c3cnc(OC)c(NS(=O)(=O)c4ccc(F)cc4)c3)nn12. The summed E-state index contributed by atoms with van der Waals surface area (Å²) in [6.07, 6.45) is 5.25. The van der Waals surface area contributed by atoms with Crippen LogP contribution in [0.5, 0.6) is 5.88 Å². The minimum Gasteiger partial charge on any atom is -0.480 e. The van der Waals surface area contributed by atoms with Crippen LogP contribution in [0.3, 0.4) is 0 Å². The Labute approximate surface area is 183 Å². The molecule has 0 bridgehead atoms. The fourth-order valence-corrected chi connectivity index (χ4v) is 3.86. The molecule has 0 atom stereocenters. The predicted molar refractivity (Wildman–Crippen MR) is 115 cm³/mol. The summed E-state index contributed by atoms with van der Waals surface area (Å²) in [4.78, 5) is 12.5. The molecule has 4 rings (SSSR count). The maximum absolute atomic E-state index is 13.2. The van der Waals surface area contributed by atoms with E-state index in [4.69, 9.17) is 4.74 Å². The van der Waals surface area contributed by atoms with Crippen LogP contribution in [0.15, 0.2) is 53.8 Å². The van der Waals surface area contributed by atoms with E-state index in [0.29, 0.717) is 29.1 Å². The Morgan fingerprint density at radius 2 is 1.88 bits per heavy atom. The van der Waals surface area contributed by atoms with Crippen LogP contribution in [0.25, 0.3) is 17.0 Å². The lowest BCUT2D eigenvalue weighted by molar-refractivity contribution is 0.400. The summed E-state index contributed by atoms with van der Waals surface area (Å²) in [5, 5.41) is 4.51. The molecule has 3 aromatic heterocycles. The molecule has 162 valence electrons. The maximum atomic E-state index is 13.2. The molecule has 11 heteroatoms.